The summed E-state index contributed by atoms with van der Waals surface area (Å²) in [6.07, 6.45) is 12.4. The van der Waals surface area contributed by atoms with Gasteiger partial charge in [0.05, 0.1) is 0 Å². The molecule has 57 heavy (non-hydrogen) atoms. The van der Waals surface area contributed by atoms with Crippen molar-refractivity contribution in [2.45, 2.75) is 88.9 Å². The molecule has 3 atom stereocenters. The van der Waals surface area contributed by atoms with Crippen molar-refractivity contribution in [3.05, 3.63) is 174 Å². The van der Waals surface area contributed by atoms with E-state index in [1.165, 1.54) is 141 Å². The van der Waals surface area contributed by atoms with Gasteiger partial charge in [-0.15, -0.1) is 0 Å². The number of anilines is 3. The Labute approximate surface area is 339 Å². The molecule has 1 nitrogen and oxygen atoms in total. The van der Waals surface area contributed by atoms with Gasteiger partial charge in [0, 0.05) is 22.5 Å². The molecular formula is C56H53N. The molecule has 4 aliphatic rings. The first-order valence-electron chi connectivity index (χ1n) is 21.9. The van der Waals surface area contributed by atoms with E-state index in [9.17, 15) is 0 Å². The smallest absolute Gasteiger partial charge is 0.0471 e. The zero-order valence-corrected chi connectivity index (χ0v) is 33.6. The van der Waals surface area contributed by atoms with Gasteiger partial charge in [0.15, 0.2) is 0 Å². The topological polar surface area (TPSA) is 3.24 Å². The van der Waals surface area contributed by atoms with Gasteiger partial charge in [0.2, 0.25) is 0 Å². The molecule has 0 heterocycles. The molecule has 2 bridgehead atoms. The van der Waals surface area contributed by atoms with Crippen molar-refractivity contribution in [1.82, 2.24) is 0 Å². The largest absolute Gasteiger partial charge is 0.310 e. The Kier molecular flexibility index (Phi) is 8.50. The summed E-state index contributed by atoms with van der Waals surface area (Å²) in [7, 11) is 0. The van der Waals surface area contributed by atoms with E-state index in [4.69, 9.17) is 0 Å². The Hall–Kier alpha value is -5.40. The third kappa shape index (κ3) is 6.05. The van der Waals surface area contributed by atoms with Crippen molar-refractivity contribution in [3.8, 4) is 33.4 Å². The molecule has 282 valence electrons. The quantitative estimate of drug-likeness (QED) is 0.157. The van der Waals surface area contributed by atoms with Crippen LogP contribution in [0.3, 0.4) is 0 Å². The molecule has 1 heteroatoms. The fourth-order valence-corrected chi connectivity index (χ4v) is 11.7. The fraction of sp³-hybridized carbons (Fsp3) is 0.286. The Bertz CT molecular complexity index is 2600. The third-order valence-electron chi connectivity index (χ3n) is 14.7. The first-order valence-corrected chi connectivity index (χ1v) is 21.9. The number of hydrogen-bond donors (Lipinski definition) is 0. The van der Waals surface area contributed by atoms with Crippen molar-refractivity contribution in [3.63, 3.8) is 0 Å². The first kappa shape index (κ1) is 34.8. The molecule has 3 unspecified atom stereocenters. The highest BCUT2D eigenvalue weighted by atomic mass is 15.1. The molecular weight excluding hydrogens is 687 g/mol. The lowest BCUT2D eigenvalue weighted by atomic mass is 9.81. The van der Waals surface area contributed by atoms with Crippen LogP contribution in [0.2, 0.25) is 0 Å². The minimum Gasteiger partial charge on any atom is -0.310 e. The van der Waals surface area contributed by atoms with Gasteiger partial charge in [0.1, 0.15) is 0 Å². The molecule has 0 spiro atoms. The summed E-state index contributed by atoms with van der Waals surface area (Å²) in [5.41, 5.74) is 17.2. The second kappa shape index (κ2) is 13.9. The van der Waals surface area contributed by atoms with E-state index in [0.29, 0.717) is 11.8 Å². The Morgan fingerprint density at radius 2 is 1.21 bits per heavy atom. The third-order valence-corrected chi connectivity index (χ3v) is 14.7. The van der Waals surface area contributed by atoms with Crippen molar-refractivity contribution < 1.29 is 0 Å². The molecule has 0 aliphatic heterocycles. The van der Waals surface area contributed by atoms with Gasteiger partial charge in [-0.2, -0.15) is 0 Å². The standard InChI is InChI=1S/C56H53N/c1-56(2)53-18-9-8-17-50(53)55-52(46-22-21-39-13-6-7-14-42(39)34-46)35-49(36-54(55)56)57(48-29-25-41(26-30-48)51-32-37-19-20-45(51)31-37)47-27-23-40(24-28-47)44-16-10-15-43(33-44)38-11-4-3-5-12-38/h6-10,13-18,21-30,33-38,45,51H,3-5,11-12,19-20,31-32H2,1-2H3. The lowest BCUT2D eigenvalue weighted by molar-refractivity contribution is 0.420. The van der Waals surface area contributed by atoms with E-state index in [0.717, 1.165) is 11.8 Å². The zero-order chi connectivity index (χ0) is 38.1. The van der Waals surface area contributed by atoms with Crippen molar-refractivity contribution in [1.29, 1.82) is 0 Å². The number of hydrogen-bond acceptors (Lipinski definition) is 1. The lowest BCUT2D eigenvalue weighted by Gasteiger charge is -2.30. The van der Waals surface area contributed by atoms with Crippen molar-refractivity contribution >= 4 is 27.8 Å². The summed E-state index contributed by atoms with van der Waals surface area (Å²) in [4.78, 5) is 2.52. The van der Waals surface area contributed by atoms with Crippen LogP contribution in [-0.4, -0.2) is 0 Å². The van der Waals surface area contributed by atoms with Crippen LogP contribution < -0.4 is 4.90 Å². The summed E-state index contributed by atoms with van der Waals surface area (Å²) < 4.78 is 0. The van der Waals surface area contributed by atoms with Crippen LogP contribution in [0.4, 0.5) is 17.1 Å². The SMILES string of the molecule is CC1(C)c2ccccc2-c2c(-c3ccc4ccccc4c3)cc(N(c3ccc(-c4cccc(C5CCCCC5)c4)cc3)c3ccc(C4CC5CCC4C5)cc3)cc21. The van der Waals surface area contributed by atoms with Crippen LogP contribution >= 0.6 is 0 Å². The van der Waals surface area contributed by atoms with E-state index in [2.05, 4.69) is 170 Å². The van der Waals surface area contributed by atoms with E-state index in [1.807, 2.05) is 0 Å². The number of rotatable bonds is 7. The predicted octanol–water partition coefficient (Wildman–Crippen LogP) is 15.9. The van der Waals surface area contributed by atoms with Gasteiger partial charge in [-0.25, -0.2) is 0 Å². The Morgan fingerprint density at radius 1 is 0.474 bits per heavy atom. The van der Waals surface area contributed by atoms with Gasteiger partial charge in [0.25, 0.3) is 0 Å². The molecule has 11 rings (SSSR count). The summed E-state index contributed by atoms with van der Waals surface area (Å²) in [5, 5.41) is 2.55. The summed E-state index contributed by atoms with van der Waals surface area (Å²) in [6.45, 7) is 4.83. The maximum atomic E-state index is 2.52. The van der Waals surface area contributed by atoms with Crippen LogP contribution in [0.5, 0.6) is 0 Å². The molecule has 7 aromatic rings. The predicted molar refractivity (Wildman–Crippen MR) is 241 cm³/mol. The van der Waals surface area contributed by atoms with Gasteiger partial charge < -0.3 is 4.90 Å². The van der Waals surface area contributed by atoms with Gasteiger partial charge in [-0.3, -0.25) is 0 Å². The molecule has 4 aliphatic carbocycles. The van der Waals surface area contributed by atoms with E-state index >= 15 is 0 Å². The monoisotopic (exact) mass is 739 g/mol. The molecule has 0 saturated heterocycles. The molecule has 0 amide bonds. The van der Waals surface area contributed by atoms with Crippen LogP contribution in [0.1, 0.15) is 106 Å². The first-order chi connectivity index (χ1) is 28.0. The minimum atomic E-state index is -0.141. The van der Waals surface area contributed by atoms with Crippen molar-refractivity contribution in [2.75, 3.05) is 4.90 Å². The van der Waals surface area contributed by atoms with E-state index in [1.54, 1.807) is 0 Å². The van der Waals surface area contributed by atoms with Crippen LogP contribution in [0, 0.1) is 11.8 Å². The number of fused-ring (bicyclic) bond motifs is 6. The summed E-state index contributed by atoms with van der Waals surface area (Å²) >= 11 is 0. The van der Waals surface area contributed by atoms with Crippen LogP contribution in [-0.2, 0) is 5.41 Å². The van der Waals surface area contributed by atoms with Crippen LogP contribution in [0.15, 0.2) is 152 Å². The molecule has 0 aromatic heterocycles. The number of nitrogens with zero attached hydrogens (tertiary/aromatic N) is 1. The van der Waals surface area contributed by atoms with Gasteiger partial charge >= 0.3 is 0 Å². The normalized spacial score (nSPS) is 20.8. The second-order valence-corrected chi connectivity index (χ2v) is 18.4. The van der Waals surface area contributed by atoms with Crippen LogP contribution in [0.25, 0.3) is 44.2 Å². The Balaban J connectivity index is 1.06. The highest BCUT2D eigenvalue weighted by Gasteiger charge is 2.40. The molecule has 0 N–H and O–H groups in total. The zero-order valence-electron chi connectivity index (χ0n) is 33.6. The lowest BCUT2D eigenvalue weighted by Crippen LogP contribution is -2.17. The molecule has 3 fully saturated rings. The van der Waals surface area contributed by atoms with Crippen molar-refractivity contribution in [2.24, 2.45) is 11.8 Å². The minimum absolute atomic E-state index is 0.141. The van der Waals surface area contributed by atoms with Gasteiger partial charge in [-0.1, -0.05) is 149 Å². The number of benzene rings is 7. The average Bonchev–Trinajstić information content (AvgIpc) is 3.97. The van der Waals surface area contributed by atoms with E-state index in [-0.39, 0.29) is 5.41 Å². The summed E-state index contributed by atoms with van der Waals surface area (Å²) in [6, 6.07) is 58.4. The maximum Gasteiger partial charge on any atom is 0.0471 e. The highest BCUT2D eigenvalue weighted by Crippen LogP contribution is 2.56. The van der Waals surface area contributed by atoms with E-state index < -0.39 is 0 Å². The maximum absolute atomic E-state index is 2.52. The fourth-order valence-electron chi connectivity index (χ4n) is 11.7. The summed E-state index contributed by atoms with van der Waals surface area (Å²) in [5.74, 6) is 3.22. The van der Waals surface area contributed by atoms with Gasteiger partial charge in [-0.05, 0) is 165 Å². The molecule has 3 saturated carbocycles. The molecule has 7 aromatic carbocycles. The molecule has 0 radical (unpaired) electrons. The second-order valence-electron chi connectivity index (χ2n) is 18.4. The highest BCUT2D eigenvalue weighted by molar-refractivity contribution is 5.98. The Morgan fingerprint density at radius 3 is 1.98 bits per heavy atom. The average molecular weight is 740 g/mol.